The van der Waals surface area contributed by atoms with Gasteiger partial charge in [0, 0.05) is 19.8 Å². The molecule has 4 aromatic rings. The van der Waals surface area contributed by atoms with Crippen LogP contribution in [-0.2, 0) is 32.0 Å². The van der Waals surface area contributed by atoms with E-state index in [1.165, 1.54) is 20.1 Å². The van der Waals surface area contributed by atoms with E-state index in [0.29, 0.717) is 0 Å². The molecule has 0 bridgehead atoms. The SMILES string of the molecule is COC(=O)[C@@H](Cc1c2ccccc2cc2ccccc12)NC(=O)[C@H](Cc1ccccc1F)NC(C)=O. The van der Waals surface area contributed by atoms with Gasteiger partial charge in [0.25, 0.3) is 0 Å². The number of ether oxygens (including phenoxy) is 1. The lowest BCUT2D eigenvalue weighted by Gasteiger charge is -2.23. The zero-order chi connectivity index (χ0) is 25.7. The molecule has 7 heteroatoms. The van der Waals surface area contributed by atoms with Crippen LogP contribution in [0.25, 0.3) is 21.5 Å². The average Bonchev–Trinajstić information content (AvgIpc) is 2.88. The summed E-state index contributed by atoms with van der Waals surface area (Å²) in [6, 6.07) is 21.7. The van der Waals surface area contributed by atoms with Gasteiger partial charge in [0.1, 0.15) is 17.9 Å². The summed E-state index contributed by atoms with van der Waals surface area (Å²) in [6.07, 6.45) is 0.107. The van der Waals surface area contributed by atoms with Crippen LogP contribution in [0.3, 0.4) is 0 Å². The van der Waals surface area contributed by atoms with E-state index in [4.69, 9.17) is 4.74 Å². The van der Waals surface area contributed by atoms with Crippen molar-refractivity contribution in [2.45, 2.75) is 31.8 Å². The number of carbonyl (C=O) groups is 3. The van der Waals surface area contributed by atoms with Crippen LogP contribution in [0, 0.1) is 5.82 Å². The topological polar surface area (TPSA) is 84.5 Å². The molecule has 4 rings (SSSR count). The average molecular weight is 487 g/mol. The summed E-state index contributed by atoms with van der Waals surface area (Å²) in [5.74, 6) is -2.14. The molecule has 0 spiro atoms. The molecule has 0 aromatic heterocycles. The normalized spacial score (nSPS) is 12.6. The molecule has 0 saturated heterocycles. The van der Waals surface area contributed by atoms with Gasteiger partial charge in [-0.05, 0) is 44.8 Å². The molecule has 4 aromatic carbocycles. The lowest BCUT2D eigenvalue weighted by atomic mass is 9.92. The van der Waals surface area contributed by atoms with Crippen LogP contribution in [0.2, 0.25) is 0 Å². The smallest absolute Gasteiger partial charge is 0.328 e. The van der Waals surface area contributed by atoms with E-state index in [2.05, 4.69) is 16.7 Å². The zero-order valence-electron chi connectivity index (χ0n) is 20.1. The first-order valence-electron chi connectivity index (χ1n) is 11.7. The third-order valence-electron chi connectivity index (χ3n) is 6.17. The molecule has 0 aliphatic rings. The van der Waals surface area contributed by atoms with Crippen molar-refractivity contribution in [3.63, 3.8) is 0 Å². The highest BCUT2D eigenvalue weighted by molar-refractivity contribution is 6.03. The number of carbonyl (C=O) groups excluding carboxylic acids is 3. The molecule has 0 fully saturated rings. The quantitative estimate of drug-likeness (QED) is 0.290. The lowest BCUT2D eigenvalue weighted by Crippen LogP contribution is -2.53. The summed E-state index contributed by atoms with van der Waals surface area (Å²) >= 11 is 0. The van der Waals surface area contributed by atoms with E-state index in [0.717, 1.165) is 27.1 Å². The maximum absolute atomic E-state index is 14.3. The van der Waals surface area contributed by atoms with Crippen LogP contribution in [-0.4, -0.2) is 37.0 Å². The molecule has 0 saturated carbocycles. The standard InChI is InChI=1S/C29H27FN2O4/c1-18(33)31-26(16-21-11-5-8-14-25(21)30)28(34)32-27(29(35)36-2)17-24-22-12-6-3-9-19(22)15-20-10-4-7-13-23(20)24/h3-15,26-27H,16-17H2,1-2H3,(H,31,33)(H,32,34)/t26-,27+/m0/s1. The fourth-order valence-corrected chi connectivity index (χ4v) is 4.48. The molecule has 0 unspecified atom stereocenters. The van der Waals surface area contributed by atoms with Crippen molar-refractivity contribution in [1.29, 1.82) is 0 Å². The molecular weight excluding hydrogens is 459 g/mol. The predicted octanol–water partition coefficient (Wildman–Crippen LogP) is 4.08. The number of amides is 2. The second-order valence-corrected chi connectivity index (χ2v) is 8.63. The summed E-state index contributed by atoms with van der Waals surface area (Å²) < 4.78 is 19.3. The number of benzene rings is 4. The van der Waals surface area contributed by atoms with Crippen LogP contribution >= 0.6 is 0 Å². The molecule has 0 aliphatic heterocycles. The van der Waals surface area contributed by atoms with E-state index in [1.54, 1.807) is 18.2 Å². The van der Waals surface area contributed by atoms with Gasteiger partial charge in [-0.1, -0.05) is 66.7 Å². The Bertz CT molecular complexity index is 1380. The van der Waals surface area contributed by atoms with E-state index in [1.807, 2.05) is 48.5 Å². The van der Waals surface area contributed by atoms with Crippen molar-refractivity contribution in [2.75, 3.05) is 7.11 Å². The molecule has 2 N–H and O–H groups in total. The van der Waals surface area contributed by atoms with Gasteiger partial charge in [0.2, 0.25) is 11.8 Å². The van der Waals surface area contributed by atoms with Gasteiger partial charge in [-0.15, -0.1) is 0 Å². The van der Waals surface area contributed by atoms with Gasteiger partial charge in [0.05, 0.1) is 7.11 Å². The molecule has 2 atom stereocenters. The Morgan fingerprint density at radius 2 is 1.39 bits per heavy atom. The van der Waals surface area contributed by atoms with Gasteiger partial charge >= 0.3 is 5.97 Å². The van der Waals surface area contributed by atoms with E-state index in [-0.39, 0.29) is 18.4 Å². The van der Waals surface area contributed by atoms with E-state index in [9.17, 15) is 18.8 Å². The van der Waals surface area contributed by atoms with Crippen molar-refractivity contribution < 1.29 is 23.5 Å². The van der Waals surface area contributed by atoms with Crippen molar-refractivity contribution in [3.8, 4) is 0 Å². The van der Waals surface area contributed by atoms with Crippen LogP contribution in [0.15, 0.2) is 78.9 Å². The van der Waals surface area contributed by atoms with Gasteiger partial charge in [-0.2, -0.15) is 0 Å². The molecule has 0 radical (unpaired) electrons. The summed E-state index contributed by atoms with van der Waals surface area (Å²) in [4.78, 5) is 37.9. The Kier molecular flexibility index (Phi) is 7.59. The predicted molar refractivity (Wildman–Crippen MR) is 137 cm³/mol. The number of hydrogen-bond acceptors (Lipinski definition) is 4. The van der Waals surface area contributed by atoms with Crippen LogP contribution in [0.1, 0.15) is 18.1 Å². The summed E-state index contributed by atoms with van der Waals surface area (Å²) in [5, 5.41) is 9.26. The monoisotopic (exact) mass is 486 g/mol. The fourth-order valence-electron chi connectivity index (χ4n) is 4.48. The lowest BCUT2D eigenvalue weighted by molar-refractivity contribution is -0.145. The highest BCUT2D eigenvalue weighted by atomic mass is 19.1. The molecule has 184 valence electrons. The summed E-state index contributed by atoms with van der Waals surface area (Å²) in [7, 11) is 1.26. The highest BCUT2D eigenvalue weighted by Crippen LogP contribution is 2.29. The summed E-state index contributed by atoms with van der Waals surface area (Å²) in [6.45, 7) is 1.28. The number of methoxy groups -OCH3 is 1. The molecule has 36 heavy (non-hydrogen) atoms. The van der Waals surface area contributed by atoms with Gasteiger partial charge in [-0.25, -0.2) is 9.18 Å². The van der Waals surface area contributed by atoms with Crippen molar-refractivity contribution in [3.05, 3.63) is 95.8 Å². The Balaban J connectivity index is 1.68. The Labute approximate surface area is 208 Å². The minimum absolute atomic E-state index is 0.0663. The third-order valence-corrected chi connectivity index (χ3v) is 6.17. The van der Waals surface area contributed by atoms with Crippen LogP contribution in [0.5, 0.6) is 0 Å². The Morgan fingerprint density at radius 3 is 1.97 bits per heavy atom. The molecular formula is C29H27FN2O4. The minimum atomic E-state index is -1.07. The largest absolute Gasteiger partial charge is 0.467 e. The Morgan fingerprint density at radius 1 is 0.806 bits per heavy atom. The van der Waals surface area contributed by atoms with Crippen molar-refractivity contribution in [1.82, 2.24) is 10.6 Å². The first-order valence-corrected chi connectivity index (χ1v) is 11.7. The number of esters is 1. The molecule has 0 aliphatic carbocycles. The first kappa shape index (κ1) is 24.9. The summed E-state index contributed by atoms with van der Waals surface area (Å²) in [5.41, 5.74) is 1.17. The van der Waals surface area contributed by atoms with Crippen molar-refractivity contribution in [2.24, 2.45) is 0 Å². The number of nitrogens with one attached hydrogen (secondary N) is 2. The second kappa shape index (κ2) is 11.0. The maximum Gasteiger partial charge on any atom is 0.328 e. The Hall–Kier alpha value is -4.26. The number of rotatable bonds is 8. The minimum Gasteiger partial charge on any atom is -0.467 e. The number of hydrogen-bond donors (Lipinski definition) is 2. The third kappa shape index (κ3) is 5.51. The number of fused-ring (bicyclic) bond motifs is 2. The molecule has 6 nitrogen and oxygen atoms in total. The van der Waals surface area contributed by atoms with Crippen molar-refractivity contribution >= 4 is 39.3 Å². The molecule has 0 heterocycles. The number of halogens is 1. The highest BCUT2D eigenvalue weighted by Gasteiger charge is 2.29. The van der Waals surface area contributed by atoms with Gasteiger partial charge in [0.15, 0.2) is 0 Å². The fraction of sp³-hybridized carbons (Fsp3) is 0.207. The van der Waals surface area contributed by atoms with E-state index >= 15 is 0 Å². The molecule has 2 amide bonds. The second-order valence-electron chi connectivity index (χ2n) is 8.63. The van der Waals surface area contributed by atoms with Gasteiger partial charge < -0.3 is 15.4 Å². The van der Waals surface area contributed by atoms with Crippen LogP contribution < -0.4 is 10.6 Å². The zero-order valence-corrected chi connectivity index (χ0v) is 20.1. The van der Waals surface area contributed by atoms with E-state index < -0.39 is 35.7 Å². The van der Waals surface area contributed by atoms with Crippen LogP contribution in [0.4, 0.5) is 4.39 Å². The first-order chi connectivity index (χ1) is 17.4. The van der Waals surface area contributed by atoms with Gasteiger partial charge in [-0.3, -0.25) is 9.59 Å². The maximum atomic E-state index is 14.3.